The summed E-state index contributed by atoms with van der Waals surface area (Å²) in [6, 6.07) is 13.1. The average molecular weight is 591 g/mol. The Morgan fingerprint density at radius 3 is 2.27 bits per heavy atom. The van der Waals surface area contributed by atoms with Gasteiger partial charge in [0.15, 0.2) is 0 Å². The lowest BCUT2D eigenvalue weighted by molar-refractivity contribution is -0.177. The van der Waals surface area contributed by atoms with Gasteiger partial charge in [0, 0.05) is 23.5 Å². The van der Waals surface area contributed by atoms with E-state index in [1.165, 1.54) is 6.07 Å². The highest BCUT2D eigenvalue weighted by Gasteiger charge is 2.44. The van der Waals surface area contributed by atoms with Crippen LogP contribution in [0.4, 0.5) is 32.0 Å². The van der Waals surface area contributed by atoms with Crippen molar-refractivity contribution in [2.75, 3.05) is 5.32 Å². The lowest BCUT2D eigenvalue weighted by atomic mass is 9.80. The minimum atomic E-state index is -4.82. The summed E-state index contributed by atoms with van der Waals surface area (Å²) in [7, 11) is 0. The molecule has 4 atom stereocenters. The number of carbonyl (C=O) groups excluding carboxylic acids is 3. The molecule has 0 bridgehead atoms. The van der Waals surface area contributed by atoms with Crippen LogP contribution in [0.15, 0.2) is 53.5 Å². The molecule has 4 N–H and O–H groups in total. The first kappa shape index (κ1) is 30.9. The zero-order valence-electron chi connectivity index (χ0n) is 20.9. The number of fused-ring (bicyclic) bond motifs is 1. The SMILES string of the molecule is C[C@@H](C[C@H](C(=O)N[C@H]1N=C(c2ccccc2)c2cccc(Cl)c2NC1=O)[C@@H](CCC(F)(F)F)C(N)=O)C(F)(F)F. The van der Waals surface area contributed by atoms with E-state index < -0.39 is 73.3 Å². The summed E-state index contributed by atoms with van der Waals surface area (Å²) >= 11 is 6.28. The van der Waals surface area contributed by atoms with E-state index in [1.54, 1.807) is 42.5 Å². The first-order valence-corrected chi connectivity index (χ1v) is 12.4. The number of hydrogen-bond donors (Lipinski definition) is 3. The molecule has 1 aliphatic rings. The summed E-state index contributed by atoms with van der Waals surface area (Å²) < 4.78 is 78.9. The normalized spacial score (nSPS) is 17.9. The van der Waals surface area contributed by atoms with Gasteiger partial charge in [-0.15, -0.1) is 0 Å². The summed E-state index contributed by atoms with van der Waals surface area (Å²) in [5.41, 5.74) is 6.51. The summed E-state index contributed by atoms with van der Waals surface area (Å²) in [6.45, 7) is 0.727. The molecule has 2 aromatic rings. The van der Waals surface area contributed by atoms with Crippen molar-refractivity contribution in [3.05, 3.63) is 64.7 Å². The first-order valence-electron chi connectivity index (χ1n) is 12.0. The molecule has 0 unspecified atom stereocenters. The van der Waals surface area contributed by atoms with E-state index in [4.69, 9.17) is 17.3 Å². The summed E-state index contributed by atoms with van der Waals surface area (Å²) in [4.78, 5) is 42.9. The number of alkyl halides is 6. The van der Waals surface area contributed by atoms with E-state index in [0.717, 1.165) is 6.92 Å². The first-order chi connectivity index (χ1) is 18.6. The van der Waals surface area contributed by atoms with Crippen molar-refractivity contribution in [2.24, 2.45) is 28.5 Å². The second-order valence-corrected chi connectivity index (χ2v) is 9.76. The smallest absolute Gasteiger partial charge is 0.369 e. The third-order valence-electron chi connectivity index (χ3n) is 6.44. The van der Waals surface area contributed by atoms with Crippen LogP contribution in [0, 0.1) is 17.8 Å². The molecule has 1 aliphatic heterocycles. The fourth-order valence-electron chi connectivity index (χ4n) is 4.29. The number of aliphatic imine (C=N–C) groups is 1. The highest BCUT2D eigenvalue weighted by atomic mass is 35.5. The molecular formula is C26H25ClF6N4O3. The number of carbonyl (C=O) groups is 3. The number of nitrogens with one attached hydrogen (secondary N) is 2. The maximum absolute atomic E-state index is 13.4. The van der Waals surface area contributed by atoms with E-state index in [9.17, 15) is 40.7 Å². The largest absolute Gasteiger partial charge is 0.391 e. The topological polar surface area (TPSA) is 114 Å². The molecule has 216 valence electrons. The van der Waals surface area contributed by atoms with Crippen LogP contribution in [-0.2, 0) is 14.4 Å². The molecule has 2 aromatic carbocycles. The molecule has 3 amide bonds. The number of amides is 3. The molecule has 0 spiro atoms. The Morgan fingerprint density at radius 2 is 1.70 bits per heavy atom. The molecule has 0 aliphatic carbocycles. The highest BCUT2D eigenvalue weighted by molar-refractivity contribution is 6.36. The number of para-hydroxylation sites is 1. The van der Waals surface area contributed by atoms with Gasteiger partial charge in [0.25, 0.3) is 5.91 Å². The van der Waals surface area contributed by atoms with Gasteiger partial charge in [-0.1, -0.05) is 61.0 Å². The van der Waals surface area contributed by atoms with Crippen LogP contribution < -0.4 is 16.4 Å². The highest BCUT2D eigenvalue weighted by Crippen LogP contribution is 2.36. The van der Waals surface area contributed by atoms with Crippen LogP contribution in [-0.4, -0.2) is 42.0 Å². The number of nitrogens with two attached hydrogens (primary N) is 1. The maximum atomic E-state index is 13.4. The van der Waals surface area contributed by atoms with Gasteiger partial charge in [0.05, 0.1) is 28.3 Å². The third kappa shape index (κ3) is 7.74. The number of nitrogens with zero attached hydrogens (tertiary/aromatic N) is 1. The average Bonchev–Trinajstić information content (AvgIpc) is 2.99. The Morgan fingerprint density at radius 1 is 1.05 bits per heavy atom. The number of benzene rings is 2. The van der Waals surface area contributed by atoms with E-state index in [-0.39, 0.29) is 16.4 Å². The number of hydrogen-bond acceptors (Lipinski definition) is 4. The van der Waals surface area contributed by atoms with Gasteiger partial charge < -0.3 is 16.4 Å². The van der Waals surface area contributed by atoms with Crippen molar-refractivity contribution in [1.82, 2.24) is 5.32 Å². The van der Waals surface area contributed by atoms with Gasteiger partial charge in [-0.25, -0.2) is 4.99 Å². The van der Waals surface area contributed by atoms with Gasteiger partial charge in [-0.05, 0) is 18.9 Å². The molecule has 0 saturated carbocycles. The number of rotatable bonds is 9. The van der Waals surface area contributed by atoms with Gasteiger partial charge in [0.1, 0.15) is 0 Å². The molecule has 0 fully saturated rings. The summed E-state index contributed by atoms with van der Waals surface area (Å²) in [5, 5.41) is 4.88. The molecule has 0 saturated heterocycles. The van der Waals surface area contributed by atoms with E-state index in [2.05, 4.69) is 15.6 Å². The van der Waals surface area contributed by atoms with Crippen molar-refractivity contribution in [3.63, 3.8) is 0 Å². The van der Waals surface area contributed by atoms with Gasteiger partial charge in [-0.2, -0.15) is 26.3 Å². The van der Waals surface area contributed by atoms with E-state index >= 15 is 0 Å². The van der Waals surface area contributed by atoms with Crippen LogP contribution in [0.1, 0.15) is 37.3 Å². The minimum absolute atomic E-state index is 0.138. The lowest BCUT2D eigenvalue weighted by Gasteiger charge is -2.28. The Bertz CT molecular complexity index is 1280. The van der Waals surface area contributed by atoms with Crippen LogP contribution >= 0.6 is 11.6 Å². The zero-order valence-corrected chi connectivity index (χ0v) is 21.7. The molecule has 14 heteroatoms. The van der Waals surface area contributed by atoms with Crippen LogP contribution in [0.25, 0.3) is 0 Å². The van der Waals surface area contributed by atoms with E-state index in [1.807, 2.05) is 0 Å². The molecule has 0 aromatic heterocycles. The molecule has 0 radical (unpaired) electrons. The minimum Gasteiger partial charge on any atom is -0.369 e. The summed E-state index contributed by atoms with van der Waals surface area (Å²) in [6.07, 6.45) is -14.9. The Labute approximate surface area is 230 Å². The lowest BCUT2D eigenvalue weighted by Crippen LogP contribution is -2.49. The zero-order chi connectivity index (χ0) is 29.8. The Hall–Kier alpha value is -3.61. The molecule has 1 heterocycles. The van der Waals surface area contributed by atoms with Crippen LogP contribution in [0.5, 0.6) is 0 Å². The molecule has 7 nitrogen and oxygen atoms in total. The molecular weight excluding hydrogens is 566 g/mol. The van der Waals surface area contributed by atoms with Gasteiger partial charge >= 0.3 is 12.4 Å². The number of primary amides is 1. The number of benzodiazepines with no additional fused rings is 1. The second kappa shape index (κ2) is 12.3. The van der Waals surface area contributed by atoms with Crippen molar-refractivity contribution in [2.45, 2.75) is 44.7 Å². The van der Waals surface area contributed by atoms with Crippen molar-refractivity contribution >= 4 is 40.7 Å². The van der Waals surface area contributed by atoms with Crippen molar-refractivity contribution < 1.29 is 40.7 Å². The number of anilines is 1. The second-order valence-electron chi connectivity index (χ2n) is 9.35. The predicted octanol–water partition coefficient (Wildman–Crippen LogP) is 5.22. The quantitative estimate of drug-likeness (QED) is 0.348. The maximum Gasteiger partial charge on any atom is 0.391 e. The molecule has 3 rings (SSSR count). The van der Waals surface area contributed by atoms with E-state index in [0.29, 0.717) is 11.1 Å². The predicted molar refractivity (Wildman–Crippen MR) is 135 cm³/mol. The monoisotopic (exact) mass is 590 g/mol. The van der Waals surface area contributed by atoms with Crippen LogP contribution in [0.2, 0.25) is 5.02 Å². The van der Waals surface area contributed by atoms with Crippen molar-refractivity contribution in [1.29, 1.82) is 0 Å². The van der Waals surface area contributed by atoms with Gasteiger partial charge in [-0.3, -0.25) is 14.4 Å². The van der Waals surface area contributed by atoms with Crippen LogP contribution in [0.3, 0.4) is 0 Å². The number of halogens is 7. The fraction of sp³-hybridized carbons (Fsp3) is 0.385. The standard InChI is InChI=1S/C26H25ClF6N4O3/c1-13(26(31,32)33)12-17(15(21(34)38)10-11-25(28,29)30)23(39)37-22-24(40)36-20-16(8-5-9-18(20)27)19(35-22)14-6-3-2-4-7-14/h2-9,13,15,17,22H,10-12H2,1H3,(H2,34,38)(H,36,40)(H,37,39)/t13-,15+,17-,22+/m0/s1. The van der Waals surface area contributed by atoms with Gasteiger partial charge in [0.2, 0.25) is 18.0 Å². The van der Waals surface area contributed by atoms with Crippen molar-refractivity contribution in [3.8, 4) is 0 Å². The third-order valence-corrected chi connectivity index (χ3v) is 6.76. The molecule has 40 heavy (non-hydrogen) atoms. The summed E-state index contributed by atoms with van der Waals surface area (Å²) in [5.74, 6) is -9.59. The Balaban J connectivity index is 2.02. The fourth-order valence-corrected chi connectivity index (χ4v) is 4.51. The Kier molecular flexibility index (Phi) is 9.49.